The highest BCUT2D eigenvalue weighted by atomic mass is 16.1. The van der Waals surface area contributed by atoms with E-state index in [-0.39, 0.29) is 11.8 Å². The molecule has 1 amide bonds. The highest BCUT2D eigenvalue weighted by molar-refractivity contribution is 5.93. The van der Waals surface area contributed by atoms with E-state index < -0.39 is 0 Å². The van der Waals surface area contributed by atoms with E-state index in [1.807, 2.05) is 40.0 Å². The van der Waals surface area contributed by atoms with Crippen molar-refractivity contribution in [2.45, 2.75) is 40.5 Å². The van der Waals surface area contributed by atoms with Crippen molar-refractivity contribution >= 4 is 17.3 Å². The van der Waals surface area contributed by atoms with E-state index in [1.165, 1.54) is 18.4 Å². The molecule has 2 N–H and O–H groups in total. The third kappa shape index (κ3) is 4.90. The number of nitrogens with zero attached hydrogens (tertiary/aromatic N) is 2. The second-order valence-electron chi connectivity index (χ2n) is 7.91. The van der Waals surface area contributed by atoms with Crippen molar-refractivity contribution in [1.82, 2.24) is 15.2 Å². The molecule has 1 aliphatic carbocycles. The fraction of sp³-hybridized carbons (Fsp3) is 0.478. The minimum absolute atomic E-state index is 0.0107. The summed E-state index contributed by atoms with van der Waals surface area (Å²) in [5, 5.41) is 6.53. The molecule has 2 aliphatic rings. The summed E-state index contributed by atoms with van der Waals surface area (Å²) in [5.41, 5.74) is 6.78. The molecule has 1 aliphatic heterocycles. The van der Waals surface area contributed by atoms with E-state index >= 15 is 0 Å². The maximum Gasteiger partial charge on any atom is 0.226 e. The fourth-order valence-corrected chi connectivity index (χ4v) is 3.64. The molecule has 3 rings (SSSR count). The molecule has 0 unspecified atom stereocenters. The number of nitrogens with one attached hydrogen (secondary N) is 2. The minimum Gasteiger partial charge on any atom is -0.383 e. The van der Waals surface area contributed by atoms with Crippen LogP contribution in [0.15, 0.2) is 41.6 Å². The van der Waals surface area contributed by atoms with Crippen molar-refractivity contribution in [2.75, 3.05) is 31.5 Å². The lowest BCUT2D eigenvalue weighted by atomic mass is 10.0. The van der Waals surface area contributed by atoms with Crippen LogP contribution >= 0.6 is 0 Å². The average molecular weight is 381 g/mol. The first-order valence-electron chi connectivity index (χ1n) is 10.3. The Morgan fingerprint density at radius 3 is 2.89 bits per heavy atom. The SMILES string of the molecule is C/C=C(\NCCN1CC2=C(CCC=C2)C1)c1cnc(C)c(NC(=O)C(C)C)c1. The maximum absolute atomic E-state index is 12.1. The Morgan fingerprint density at radius 2 is 2.18 bits per heavy atom. The van der Waals surface area contributed by atoms with Crippen LogP contribution in [0.2, 0.25) is 0 Å². The summed E-state index contributed by atoms with van der Waals surface area (Å²) in [6.45, 7) is 11.8. The quantitative estimate of drug-likeness (QED) is 0.753. The molecule has 1 aromatic heterocycles. The molecule has 0 saturated heterocycles. The van der Waals surface area contributed by atoms with Gasteiger partial charge in [-0.15, -0.1) is 0 Å². The average Bonchev–Trinajstić information content (AvgIpc) is 3.10. The van der Waals surface area contributed by atoms with Crippen LogP contribution < -0.4 is 10.6 Å². The van der Waals surface area contributed by atoms with Crippen LogP contribution in [0.4, 0.5) is 5.69 Å². The minimum atomic E-state index is -0.0582. The first kappa shape index (κ1) is 20.3. The number of allylic oxidation sites excluding steroid dienone is 2. The zero-order valence-electron chi connectivity index (χ0n) is 17.5. The van der Waals surface area contributed by atoms with E-state index in [2.05, 4.69) is 38.7 Å². The van der Waals surface area contributed by atoms with Gasteiger partial charge in [-0.05, 0) is 38.3 Å². The van der Waals surface area contributed by atoms with Gasteiger partial charge in [0.25, 0.3) is 0 Å². The Balaban J connectivity index is 1.57. The first-order valence-corrected chi connectivity index (χ1v) is 10.3. The summed E-state index contributed by atoms with van der Waals surface area (Å²) in [4.78, 5) is 19.0. The molecule has 0 spiro atoms. The number of hydrogen-bond acceptors (Lipinski definition) is 4. The van der Waals surface area contributed by atoms with Gasteiger partial charge in [0.15, 0.2) is 0 Å². The number of aromatic nitrogens is 1. The van der Waals surface area contributed by atoms with Crippen molar-refractivity contribution in [2.24, 2.45) is 5.92 Å². The lowest BCUT2D eigenvalue weighted by molar-refractivity contribution is -0.118. The number of rotatable bonds is 7. The van der Waals surface area contributed by atoms with Gasteiger partial charge in [-0.1, -0.05) is 37.6 Å². The van der Waals surface area contributed by atoms with E-state index in [0.29, 0.717) is 0 Å². The van der Waals surface area contributed by atoms with E-state index in [1.54, 1.807) is 5.57 Å². The smallest absolute Gasteiger partial charge is 0.226 e. The third-order valence-electron chi connectivity index (χ3n) is 5.41. The van der Waals surface area contributed by atoms with Crippen molar-refractivity contribution < 1.29 is 4.79 Å². The molecule has 0 radical (unpaired) electrons. The van der Waals surface area contributed by atoms with E-state index in [4.69, 9.17) is 0 Å². The van der Waals surface area contributed by atoms with Crippen LogP contribution in [0.1, 0.15) is 44.9 Å². The largest absolute Gasteiger partial charge is 0.383 e. The second-order valence-corrected chi connectivity index (χ2v) is 7.91. The number of carbonyl (C=O) groups is 1. The highest BCUT2D eigenvalue weighted by Crippen LogP contribution is 2.26. The Labute approximate surface area is 168 Å². The predicted molar refractivity (Wildman–Crippen MR) is 116 cm³/mol. The molecule has 0 bridgehead atoms. The van der Waals surface area contributed by atoms with Crippen LogP contribution in [0.5, 0.6) is 0 Å². The molecule has 0 aromatic carbocycles. The van der Waals surface area contributed by atoms with Crippen molar-refractivity contribution in [3.05, 3.63) is 52.9 Å². The van der Waals surface area contributed by atoms with Crippen LogP contribution in [0.3, 0.4) is 0 Å². The Bertz CT molecular complexity index is 820. The van der Waals surface area contributed by atoms with E-state index in [9.17, 15) is 4.79 Å². The van der Waals surface area contributed by atoms with Crippen LogP contribution in [-0.2, 0) is 4.79 Å². The summed E-state index contributed by atoms with van der Waals surface area (Å²) in [7, 11) is 0. The van der Waals surface area contributed by atoms with Crippen molar-refractivity contribution in [1.29, 1.82) is 0 Å². The molecule has 2 heterocycles. The number of aryl methyl sites for hydroxylation is 1. The first-order chi connectivity index (χ1) is 13.5. The zero-order chi connectivity index (χ0) is 20.1. The van der Waals surface area contributed by atoms with Gasteiger partial charge < -0.3 is 10.6 Å². The van der Waals surface area contributed by atoms with Gasteiger partial charge in [0.05, 0.1) is 11.4 Å². The van der Waals surface area contributed by atoms with Gasteiger partial charge in [0.1, 0.15) is 0 Å². The predicted octanol–water partition coefficient (Wildman–Crippen LogP) is 3.90. The van der Waals surface area contributed by atoms with Gasteiger partial charge in [-0.25, -0.2) is 0 Å². The van der Waals surface area contributed by atoms with Gasteiger partial charge in [0.2, 0.25) is 5.91 Å². The van der Waals surface area contributed by atoms with E-state index in [0.717, 1.165) is 48.8 Å². The number of carbonyl (C=O) groups excluding carboxylic acids is 1. The van der Waals surface area contributed by atoms with Gasteiger partial charge in [-0.2, -0.15) is 0 Å². The lowest BCUT2D eigenvalue weighted by Crippen LogP contribution is -2.30. The number of amides is 1. The monoisotopic (exact) mass is 380 g/mol. The van der Waals surface area contributed by atoms with Gasteiger partial charge in [-0.3, -0.25) is 14.7 Å². The summed E-state index contributed by atoms with van der Waals surface area (Å²) >= 11 is 0. The standard InChI is InChI=1S/C23H32N4O/c1-5-21(20-12-22(17(4)25-13-20)26-23(28)16(2)3)24-10-11-27-14-18-8-6-7-9-19(18)15-27/h5-6,8,12-13,16,24H,7,9-11,14-15H2,1-4H3,(H,26,28)/b21-5-. The van der Waals surface area contributed by atoms with Crippen LogP contribution in [-0.4, -0.2) is 42.0 Å². The van der Waals surface area contributed by atoms with Crippen LogP contribution in [0.25, 0.3) is 5.70 Å². The summed E-state index contributed by atoms with van der Waals surface area (Å²) in [6.07, 6.45) is 10.9. The topological polar surface area (TPSA) is 57.3 Å². The maximum atomic E-state index is 12.1. The van der Waals surface area contributed by atoms with Crippen LogP contribution in [0, 0.1) is 12.8 Å². The zero-order valence-corrected chi connectivity index (χ0v) is 17.5. The Morgan fingerprint density at radius 1 is 1.36 bits per heavy atom. The molecular formula is C23H32N4O. The number of hydrogen-bond donors (Lipinski definition) is 2. The van der Waals surface area contributed by atoms with Gasteiger partial charge in [0, 0.05) is 49.6 Å². The molecule has 5 nitrogen and oxygen atoms in total. The third-order valence-corrected chi connectivity index (χ3v) is 5.41. The molecule has 0 atom stereocenters. The van der Waals surface area contributed by atoms with Gasteiger partial charge >= 0.3 is 0 Å². The molecular weight excluding hydrogens is 348 g/mol. The lowest BCUT2D eigenvalue weighted by Gasteiger charge is -2.18. The summed E-state index contributed by atoms with van der Waals surface area (Å²) < 4.78 is 0. The molecule has 150 valence electrons. The molecule has 28 heavy (non-hydrogen) atoms. The Kier molecular flexibility index (Phi) is 6.68. The second kappa shape index (κ2) is 9.20. The summed E-state index contributed by atoms with van der Waals surface area (Å²) in [5.74, 6) is -0.0475. The van der Waals surface area contributed by atoms with Crippen molar-refractivity contribution in [3.8, 4) is 0 Å². The molecule has 0 saturated carbocycles. The molecule has 5 heteroatoms. The Hall–Kier alpha value is -2.40. The fourth-order valence-electron chi connectivity index (χ4n) is 3.64. The number of anilines is 1. The highest BCUT2D eigenvalue weighted by Gasteiger charge is 2.21. The normalized spacial score (nSPS) is 17.2. The number of pyridine rings is 1. The van der Waals surface area contributed by atoms with Crippen molar-refractivity contribution in [3.63, 3.8) is 0 Å². The molecule has 0 fully saturated rings. The molecule has 1 aromatic rings. The summed E-state index contributed by atoms with van der Waals surface area (Å²) in [6, 6.07) is 2.01.